The molecule has 6 nitrogen and oxygen atoms in total. The largest absolute Gasteiger partial charge is 0.341 e. The van der Waals surface area contributed by atoms with Gasteiger partial charge in [0.1, 0.15) is 0 Å². The van der Waals surface area contributed by atoms with Gasteiger partial charge in [0.25, 0.3) is 0 Å². The lowest BCUT2D eigenvalue weighted by Gasteiger charge is -2.34. The zero-order chi connectivity index (χ0) is 20.6. The number of aryl methyl sites for hydroxylation is 1. The van der Waals surface area contributed by atoms with Crippen LogP contribution in [0.25, 0.3) is 0 Å². The molecule has 0 aromatic heterocycles. The van der Waals surface area contributed by atoms with E-state index in [0.29, 0.717) is 13.0 Å². The number of carbonyl (C=O) groups is 2. The molecule has 6 heteroatoms. The number of amides is 3. The molecular formula is C23H36N4O2. The third kappa shape index (κ3) is 6.20. The first-order valence-corrected chi connectivity index (χ1v) is 11.1. The minimum absolute atomic E-state index is 0.0607. The fourth-order valence-corrected chi connectivity index (χ4v) is 4.40. The second-order valence-corrected chi connectivity index (χ2v) is 8.54. The van der Waals surface area contributed by atoms with E-state index in [2.05, 4.69) is 17.0 Å². The molecule has 0 saturated carbocycles. The molecule has 2 fully saturated rings. The van der Waals surface area contributed by atoms with Gasteiger partial charge in [-0.05, 0) is 44.3 Å². The maximum absolute atomic E-state index is 12.8. The number of benzene rings is 1. The lowest BCUT2D eigenvalue weighted by atomic mass is 10.1. The van der Waals surface area contributed by atoms with Gasteiger partial charge in [-0.1, -0.05) is 36.8 Å². The highest BCUT2D eigenvalue weighted by atomic mass is 16.2. The van der Waals surface area contributed by atoms with E-state index >= 15 is 0 Å². The van der Waals surface area contributed by atoms with Crippen LogP contribution in [0.15, 0.2) is 30.3 Å². The van der Waals surface area contributed by atoms with Gasteiger partial charge in [-0.15, -0.1) is 0 Å². The van der Waals surface area contributed by atoms with Crippen LogP contribution in [0.3, 0.4) is 0 Å². The maximum Gasteiger partial charge on any atom is 0.319 e. The molecule has 1 unspecified atom stereocenters. The smallest absolute Gasteiger partial charge is 0.319 e. The van der Waals surface area contributed by atoms with E-state index in [4.69, 9.17) is 0 Å². The lowest BCUT2D eigenvalue weighted by molar-refractivity contribution is -0.130. The molecule has 0 radical (unpaired) electrons. The van der Waals surface area contributed by atoms with Gasteiger partial charge in [-0.3, -0.25) is 4.79 Å². The minimum Gasteiger partial charge on any atom is -0.341 e. The molecule has 1 aromatic rings. The van der Waals surface area contributed by atoms with Crippen molar-refractivity contribution in [1.82, 2.24) is 19.6 Å². The molecule has 0 N–H and O–H groups in total. The monoisotopic (exact) mass is 400 g/mol. The van der Waals surface area contributed by atoms with E-state index in [1.54, 1.807) is 4.90 Å². The van der Waals surface area contributed by atoms with E-state index in [1.165, 1.54) is 24.8 Å². The summed E-state index contributed by atoms with van der Waals surface area (Å²) in [6.07, 6.45) is 6.02. The van der Waals surface area contributed by atoms with Crippen LogP contribution in [0.1, 0.15) is 37.7 Å². The molecule has 160 valence electrons. The van der Waals surface area contributed by atoms with Gasteiger partial charge in [0, 0.05) is 46.7 Å². The number of carbonyl (C=O) groups excluding carboxylic acids is 2. The Bertz CT molecular complexity index is 658. The summed E-state index contributed by atoms with van der Waals surface area (Å²) < 4.78 is 0. The summed E-state index contributed by atoms with van der Waals surface area (Å²) in [5.41, 5.74) is 1.20. The quantitative estimate of drug-likeness (QED) is 0.707. The molecule has 0 aliphatic carbocycles. The number of rotatable bonds is 7. The Morgan fingerprint density at radius 1 is 1.03 bits per heavy atom. The highest BCUT2D eigenvalue weighted by Gasteiger charge is 2.33. The van der Waals surface area contributed by atoms with Gasteiger partial charge in [-0.25, -0.2) is 4.79 Å². The molecule has 2 heterocycles. The van der Waals surface area contributed by atoms with E-state index in [0.717, 1.165) is 45.6 Å². The van der Waals surface area contributed by atoms with E-state index in [-0.39, 0.29) is 18.0 Å². The second-order valence-electron chi connectivity index (χ2n) is 8.54. The SMILES string of the molecule is CN(C)C(=O)N(CCN1CCCCC1)C1CCN(C(=O)CCc2ccccc2)C1. The topological polar surface area (TPSA) is 47.1 Å². The Hall–Kier alpha value is -2.08. The standard InChI is InChI=1S/C23H36N4O2/c1-24(2)23(29)27(18-17-25-14-7-4-8-15-25)21-13-16-26(19-21)22(28)12-11-20-9-5-3-6-10-20/h3,5-6,9-10,21H,4,7-8,11-19H2,1-2H3. The first kappa shape index (κ1) is 21.6. The molecule has 2 aliphatic heterocycles. The normalized spacial score (nSPS) is 19.9. The van der Waals surface area contributed by atoms with Crippen LogP contribution in [0.5, 0.6) is 0 Å². The molecule has 1 aromatic carbocycles. The van der Waals surface area contributed by atoms with Gasteiger partial charge >= 0.3 is 6.03 Å². The van der Waals surface area contributed by atoms with E-state index < -0.39 is 0 Å². The van der Waals surface area contributed by atoms with Crippen LogP contribution in [0.2, 0.25) is 0 Å². The number of piperidine rings is 1. The first-order valence-electron chi connectivity index (χ1n) is 11.1. The molecule has 3 amide bonds. The summed E-state index contributed by atoms with van der Waals surface area (Å²) in [6, 6.07) is 10.3. The van der Waals surface area contributed by atoms with Gasteiger partial charge in [-0.2, -0.15) is 0 Å². The third-order valence-corrected chi connectivity index (χ3v) is 6.16. The molecule has 29 heavy (non-hydrogen) atoms. The van der Waals surface area contributed by atoms with Crippen LogP contribution >= 0.6 is 0 Å². The second kappa shape index (κ2) is 10.6. The minimum atomic E-state index is 0.0607. The fourth-order valence-electron chi connectivity index (χ4n) is 4.40. The van der Waals surface area contributed by atoms with Crippen LogP contribution in [-0.4, -0.2) is 90.9 Å². The van der Waals surface area contributed by atoms with Crippen molar-refractivity contribution in [2.24, 2.45) is 0 Å². The van der Waals surface area contributed by atoms with Gasteiger partial charge in [0.05, 0.1) is 6.04 Å². The van der Waals surface area contributed by atoms with Crippen LogP contribution in [-0.2, 0) is 11.2 Å². The lowest BCUT2D eigenvalue weighted by Crippen LogP contribution is -2.50. The summed E-state index contributed by atoms with van der Waals surface area (Å²) in [4.78, 5) is 33.6. The summed E-state index contributed by atoms with van der Waals surface area (Å²) in [6.45, 7) is 5.36. The molecule has 0 spiro atoms. The molecule has 3 rings (SSSR count). The highest BCUT2D eigenvalue weighted by molar-refractivity contribution is 5.77. The van der Waals surface area contributed by atoms with E-state index in [9.17, 15) is 9.59 Å². The Labute approximate surface area is 175 Å². The number of likely N-dealkylation sites (tertiary alicyclic amines) is 2. The third-order valence-electron chi connectivity index (χ3n) is 6.16. The molecule has 1 atom stereocenters. The van der Waals surface area contributed by atoms with Crippen molar-refractivity contribution in [3.63, 3.8) is 0 Å². The number of nitrogens with zero attached hydrogens (tertiary/aromatic N) is 4. The number of hydrogen-bond acceptors (Lipinski definition) is 3. The molecule has 2 saturated heterocycles. The van der Waals surface area contributed by atoms with Crippen molar-refractivity contribution in [3.05, 3.63) is 35.9 Å². The highest BCUT2D eigenvalue weighted by Crippen LogP contribution is 2.19. The average molecular weight is 401 g/mol. The zero-order valence-electron chi connectivity index (χ0n) is 18.1. The Morgan fingerprint density at radius 2 is 1.76 bits per heavy atom. The molecule has 2 aliphatic rings. The predicted molar refractivity (Wildman–Crippen MR) is 116 cm³/mol. The fraction of sp³-hybridized carbons (Fsp3) is 0.652. The van der Waals surface area contributed by atoms with Crippen LogP contribution in [0, 0.1) is 0 Å². The summed E-state index contributed by atoms with van der Waals surface area (Å²) in [5.74, 6) is 0.199. The zero-order valence-corrected chi connectivity index (χ0v) is 18.1. The average Bonchev–Trinajstić information content (AvgIpc) is 3.23. The summed E-state index contributed by atoms with van der Waals surface area (Å²) >= 11 is 0. The van der Waals surface area contributed by atoms with Crippen molar-refractivity contribution in [2.45, 2.75) is 44.6 Å². The van der Waals surface area contributed by atoms with Gasteiger partial charge in [0.2, 0.25) is 5.91 Å². The Morgan fingerprint density at radius 3 is 2.45 bits per heavy atom. The van der Waals surface area contributed by atoms with Crippen molar-refractivity contribution >= 4 is 11.9 Å². The van der Waals surface area contributed by atoms with Crippen LogP contribution < -0.4 is 0 Å². The van der Waals surface area contributed by atoms with Crippen molar-refractivity contribution in [1.29, 1.82) is 0 Å². The van der Waals surface area contributed by atoms with Crippen molar-refractivity contribution in [2.75, 3.05) is 53.4 Å². The molecular weight excluding hydrogens is 364 g/mol. The van der Waals surface area contributed by atoms with Crippen molar-refractivity contribution < 1.29 is 9.59 Å². The maximum atomic E-state index is 12.8. The Kier molecular flexibility index (Phi) is 7.92. The summed E-state index contributed by atoms with van der Waals surface area (Å²) in [7, 11) is 3.63. The first-order chi connectivity index (χ1) is 14.0. The predicted octanol–water partition coefficient (Wildman–Crippen LogP) is 2.69. The van der Waals surface area contributed by atoms with Gasteiger partial charge < -0.3 is 19.6 Å². The van der Waals surface area contributed by atoms with Gasteiger partial charge in [0.15, 0.2) is 0 Å². The van der Waals surface area contributed by atoms with Crippen molar-refractivity contribution in [3.8, 4) is 0 Å². The summed E-state index contributed by atoms with van der Waals surface area (Å²) in [5, 5.41) is 0. The number of hydrogen-bond donors (Lipinski definition) is 0. The van der Waals surface area contributed by atoms with Crippen LogP contribution in [0.4, 0.5) is 4.79 Å². The Balaban J connectivity index is 1.53. The molecule has 0 bridgehead atoms. The van der Waals surface area contributed by atoms with E-state index in [1.807, 2.05) is 42.1 Å². The number of urea groups is 1.